The Kier molecular flexibility index (Phi) is 6.69. The number of ether oxygens (including phenoxy) is 1. The molecule has 0 aromatic heterocycles. The molecule has 0 saturated carbocycles. The van der Waals surface area contributed by atoms with Crippen molar-refractivity contribution in [2.24, 2.45) is 5.14 Å². The molecular formula is C18H28N4O4S. The Balaban J connectivity index is 1.37. The third kappa shape index (κ3) is 5.90. The largest absolute Gasteiger partial charge is 0.376 e. The molecule has 0 bridgehead atoms. The third-order valence-electron chi connectivity index (χ3n) is 5.13. The minimum Gasteiger partial charge on any atom is -0.376 e. The molecule has 1 atom stereocenters. The summed E-state index contributed by atoms with van der Waals surface area (Å²) in [6, 6.07) is 6.68. The zero-order valence-electron chi connectivity index (χ0n) is 15.5. The van der Waals surface area contributed by atoms with Crippen molar-refractivity contribution in [1.82, 2.24) is 15.1 Å². The van der Waals surface area contributed by atoms with Gasteiger partial charge in [0.25, 0.3) is 0 Å². The Bertz CT molecular complexity index is 724. The Hall–Kier alpha value is -1.68. The molecule has 2 heterocycles. The van der Waals surface area contributed by atoms with Crippen LogP contribution in [0.5, 0.6) is 0 Å². The smallest absolute Gasteiger partial charge is 0.317 e. The minimum atomic E-state index is -3.64. The molecule has 1 unspecified atom stereocenters. The van der Waals surface area contributed by atoms with Crippen molar-refractivity contribution in [2.75, 3.05) is 45.9 Å². The molecule has 150 valence electrons. The van der Waals surface area contributed by atoms with E-state index in [0.717, 1.165) is 51.1 Å². The van der Waals surface area contributed by atoms with E-state index in [1.807, 2.05) is 4.90 Å². The van der Waals surface area contributed by atoms with E-state index in [1.54, 1.807) is 24.3 Å². The van der Waals surface area contributed by atoms with Crippen LogP contribution in [0.3, 0.4) is 0 Å². The maximum atomic E-state index is 12.2. The second kappa shape index (κ2) is 9.01. The molecule has 8 nitrogen and oxygen atoms in total. The van der Waals surface area contributed by atoms with Crippen molar-refractivity contribution in [3.8, 4) is 0 Å². The fourth-order valence-electron chi connectivity index (χ4n) is 3.43. The quantitative estimate of drug-likeness (QED) is 0.723. The molecule has 2 fully saturated rings. The van der Waals surface area contributed by atoms with Gasteiger partial charge < -0.3 is 15.0 Å². The summed E-state index contributed by atoms with van der Waals surface area (Å²) in [6.07, 6.45) is 3.09. The van der Waals surface area contributed by atoms with Gasteiger partial charge in [0.05, 0.1) is 11.0 Å². The normalized spacial score (nSPS) is 21.4. The topological polar surface area (TPSA) is 105 Å². The van der Waals surface area contributed by atoms with Gasteiger partial charge in [-0.05, 0) is 37.0 Å². The molecule has 2 aliphatic rings. The number of urea groups is 1. The summed E-state index contributed by atoms with van der Waals surface area (Å²) in [6.45, 7) is 5.35. The van der Waals surface area contributed by atoms with Gasteiger partial charge in [0.1, 0.15) is 0 Å². The van der Waals surface area contributed by atoms with Crippen molar-refractivity contribution in [1.29, 1.82) is 0 Å². The number of nitrogens with one attached hydrogen (secondary N) is 1. The lowest BCUT2D eigenvalue weighted by atomic mass is 10.1. The highest BCUT2D eigenvalue weighted by Crippen LogP contribution is 2.12. The van der Waals surface area contributed by atoms with Crippen molar-refractivity contribution >= 4 is 16.1 Å². The van der Waals surface area contributed by atoms with Crippen LogP contribution in [0.1, 0.15) is 18.4 Å². The van der Waals surface area contributed by atoms with Crippen LogP contribution in [0, 0.1) is 0 Å². The predicted molar refractivity (Wildman–Crippen MR) is 102 cm³/mol. The molecule has 0 spiro atoms. The zero-order chi connectivity index (χ0) is 19.3. The fraction of sp³-hybridized carbons (Fsp3) is 0.611. The van der Waals surface area contributed by atoms with E-state index >= 15 is 0 Å². The first kappa shape index (κ1) is 20.1. The number of nitrogens with zero attached hydrogens (tertiary/aromatic N) is 2. The van der Waals surface area contributed by atoms with Gasteiger partial charge in [0.15, 0.2) is 0 Å². The molecule has 2 amide bonds. The number of piperazine rings is 1. The Morgan fingerprint density at radius 2 is 1.89 bits per heavy atom. The molecule has 2 saturated heterocycles. The van der Waals surface area contributed by atoms with Crippen LogP contribution < -0.4 is 10.5 Å². The highest BCUT2D eigenvalue weighted by Gasteiger charge is 2.22. The molecule has 0 aliphatic carbocycles. The Morgan fingerprint density at radius 3 is 2.48 bits per heavy atom. The molecule has 3 N–H and O–H groups in total. The van der Waals surface area contributed by atoms with Crippen molar-refractivity contribution in [3.05, 3.63) is 29.8 Å². The van der Waals surface area contributed by atoms with E-state index in [1.165, 1.54) is 0 Å². The summed E-state index contributed by atoms with van der Waals surface area (Å²) in [7, 11) is -3.64. The molecular weight excluding hydrogens is 368 g/mol. The third-order valence-corrected chi connectivity index (χ3v) is 6.06. The number of carbonyl (C=O) groups is 1. The number of hydrogen-bond acceptors (Lipinski definition) is 5. The van der Waals surface area contributed by atoms with Gasteiger partial charge in [-0.15, -0.1) is 0 Å². The summed E-state index contributed by atoms with van der Waals surface area (Å²) in [5.41, 5.74) is 1.07. The molecule has 1 aromatic rings. The van der Waals surface area contributed by atoms with Gasteiger partial charge in [-0.25, -0.2) is 18.4 Å². The number of primary sulfonamides is 1. The Morgan fingerprint density at radius 1 is 1.19 bits per heavy atom. The van der Waals surface area contributed by atoms with E-state index in [9.17, 15) is 13.2 Å². The number of benzene rings is 1. The molecule has 1 aromatic carbocycles. The number of nitrogens with two attached hydrogens (primary N) is 1. The second-order valence-electron chi connectivity index (χ2n) is 7.09. The van der Waals surface area contributed by atoms with E-state index in [-0.39, 0.29) is 17.0 Å². The summed E-state index contributed by atoms with van der Waals surface area (Å²) in [5, 5.41) is 8.08. The number of amides is 2. The first-order valence-electron chi connectivity index (χ1n) is 9.40. The van der Waals surface area contributed by atoms with Crippen LogP contribution in [0.4, 0.5) is 4.79 Å². The van der Waals surface area contributed by atoms with E-state index < -0.39 is 10.0 Å². The van der Waals surface area contributed by atoms with Crippen molar-refractivity contribution in [3.63, 3.8) is 0 Å². The van der Waals surface area contributed by atoms with Gasteiger partial charge in [-0.3, -0.25) is 4.90 Å². The predicted octanol–water partition coefficient (Wildman–Crippen LogP) is 0.383. The van der Waals surface area contributed by atoms with E-state index in [0.29, 0.717) is 19.6 Å². The maximum absolute atomic E-state index is 12.2. The van der Waals surface area contributed by atoms with Gasteiger partial charge >= 0.3 is 6.03 Å². The average molecular weight is 397 g/mol. The molecule has 3 rings (SSSR count). The van der Waals surface area contributed by atoms with Crippen LogP contribution in [-0.4, -0.2) is 76.2 Å². The number of sulfonamides is 1. The van der Waals surface area contributed by atoms with Gasteiger partial charge in [0.2, 0.25) is 10.0 Å². The summed E-state index contributed by atoms with van der Waals surface area (Å²) < 4.78 is 28.1. The van der Waals surface area contributed by atoms with Crippen LogP contribution >= 0.6 is 0 Å². The lowest BCUT2D eigenvalue weighted by Crippen LogP contribution is -2.52. The first-order chi connectivity index (χ1) is 12.9. The van der Waals surface area contributed by atoms with Crippen LogP contribution in [0.2, 0.25) is 0 Å². The minimum absolute atomic E-state index is 0.0104. The number of carbonyl (C=O) groups excluding carboxylic acids is 1. The molecule has 0 radical (unpaired) electrons. The summed E-state index contributed by atoms with van der Waals surface area (Å²) >= 11 is 0. The zero-order valence-corrected chi connectivity index (χ0v) is 16.3. The van der Waals surface area contributed by atoms with Gasteiger partial charge in [-0.1, -0.05) is 12.1 Å². The lowest BCUT2D eigenvalue weighted by Gasteiger charge is -2.34. The van der Waals surface area contributed by atoms with E-state index in [2.05, 4.69) is 10.2 Å². The fourth-order valence-corrected chi connectivity index (χ4v) is 3.94. The van der Waals surface area contributed by atoms with Crippen LogP contribution in [0.25, 0.3) is 0 Å². The highest BCUT2D eigenvalue weighted by atomic mass is 32.2. The second-order valence-corrected chi connectivity index (χ2v) is 8.65. The SMILES string of the molecule is NS(=O)(=O)c1ccc(CCN2CCN(C(=O)NCC3CCCO3)CC2)cc1. The lowest BCUT2D eigenvalue weighted by molar-refractivity contribution is 0.104. The van der Waals surface area contributed by atoms with E-state index in [4.69, 9.17) is 9.88 Å². The molecule has 2 aliphatic heterocycles. The first-order valence-corrected chi connectivity index (χ1v) is 10.9. The molecule has 27 heavy (non-hydrogen) atoms. The number of hydrogen-bond donors (Lipinski definition) is 2. The molecule has 9 heteroatoms. The van der Waals surface area contributed by atoms with Crippen molar-refractivity contribution < 1.29 is 17.9 Å². The number of rotatable bonds is 6. The van der Waals surface area contributed by atoms with Crippen molar-refractivity contribution in [2.45, 2.75) is 30.3 Å². The van der Waals surface area contributed by atoms with Gasteiger partial charge in [-0.2, -0.15) is 0 Å². The summed E-state index contributed by atoms with van der Waals surface area (Å²) in [5.74, 6) is 0. The van der Waals surface area contributed by atoms with Gasteiger partial charge in [0, 0.05) is 45.9 Å². The maximum Gasteiger partial charge on any atom is 0.317 e. The standard InChI is InChI=1S/C18H28N4O4S/c19-27(24,25)17-5-3-15(4-6-17)7-8-21-9-11-22(12-10-21)18(23)20-14-16-2-1-13-26-16/h3-6,16H,1-2,7-14H2,(H,20,23)(H2,19,24,25). The Labute approximate surface area is 160 Å². The average Bonchev–Trinajstić information content (AvgIpc) is 3.18. The van der Waals surface area contributed by atoms with Crippen LogP contribution in [0.15, 0.2) is 29.2 Å². The van der Waals surface area contributed by atoms with Crippen LogP contribution in [-0.2, 0) is 21.2 Å². The highest BCUT2D eigenvalue weighted by molar-refractivity contribution is 7.89. The summed E-state index contributed by atoms with van der Waals surface area (Å²) in [4.78, 5) is 16.5. The monoisotopic (exact) mass is 396 g/mol.